The van der Waals surface area contributed by atoms with Crippen LogP contribution in [0.2, 0.25) is 0 Å². The summed E-state index contributed by atoms with van der Waals surface area (Å²) in [5, 5.41) is 20.6. The number of non-ortho nitro benzene ring substituents is 1. The minimum Gasteiger partial charge on any atom is -0.334 e. The van der Waals surface area contributed by atoms with E-state index in [1.807, 2.05) is 29.6 Å². The third-order valence-corrected chi connectivity index (χ3v) is 4.05. The van der Waals surface area contributed by atoms with Gasteiger partial charge in [0.05, 0.1) is 4.92 Å². The fourth-order valence-corrected chi connectivity index (χ4v) is 2.73. The predicted molar refractivity (Wildman–Crippen MR) is 90.7 cm³/mol. The molecule has 0 atom stereocenters. The van der Waals surface area contributed by atoms with Crippen LogP contribution >= 0.6 is 11.5 Å². The predicted octanol–water partition coefficient (Wildman–Crippen LogP) is 3.83. The molecular formula is C16H9N5O3S. The SMILES string of the molecule is O=[N+]([O-])c1ccc(-c2nc(-c3ccc(-c4csnn4)cc3)no2)cc1. The van der Waals surface area contributed by atoms with Crippen LogP contribution in [0.1, 0.15) is 0 Å². The first-order chi connectivity index (χ1) is 12.2. The van der Waals surface area contributed by atoms with Gasteiger partial charge < -0.3 is 4.52 Å². The largest absolute Gasteiger partial charge is 0.334 e. The molecule has 0 radical (unpaired) electrons. The second-order valence-corrected chi connectivity index (χ2v) is 5.70. The molecule has 2 aromatic carbocycles. The zero-order valence-corrected chi connectivity index (χ0v) is 13.4. The topological polar surface area (TPSA) is 108 Å². The molecule has 8 nitrogen and oxygen atoms in total. The van der Waals surface area contributed by atoms with E-state index in [0.29, 0.717) is 17.3 Å². The molecular weight excluding hydrogens is 342 g/mol. The number of aromatic nitrogens is 4. The fourth-order valence-electron chi connectivity index (χ4n) is 2.26. The minimum atomic E-state index is -0.456. The Labute approximate surface area is 145 Å². The van der Waals surface area contributed by atoms with Gasteiger partial charge in [-0.2, -0.15) is 4.98 Å². The van der Waals surface area contributed by atoms with Crippen LogP contribution in [0, 0.1) is 10.1 Å². The number of benzene rings is 2. The van der Waals surface area contributed by atoms with Crippen LogP contribution < -0.4 is 0 Å². The van der Waals surface area contributed by atoms with E-state index in [2.05, 4.69) is 19.7 Å². The summed E-state index contributed by atoms with van der Waals surface area (Å²) in [4.78, 5) is 14.6. The Hall–Kier alpha value is -3.46. The van der Waals surface area contributed by atoms with Crippen molar-refractivity contribution in [3.8, 4) is 34.1 Å². The van der Waals surface area contributed by atoms with Crippen LogP contribution in [0.3, 0.4) is 0 Å². The smallest absolute Gasteiger partial charge is 0.269 e. The molecule has 4 rings (SSSR count). The van der Waals surface area contributed by atoms with E-state index in [-0.39, 0.29) is 5.69 Å². The van der Waals surface area contributed by atoms with Crippen molar-refractivity contribution in [1.29, 1.82) is 0 Å². The van der Waals surface area contributed by atoms with Gasteiger partial charge in [-0.15, -0.1) is 5.10 Å². The maximum absolute atomic E-state index is 10.7. The van der Waals surface area contributed by atoms with Gasteiger partial charge in [0.15, 0.2) is 0 Å². The second-order valence-electron chi connectivity index (χ2n) is 5.09. The van der Waals surface area contributed by atoms with Crippen molar-refractivity contribution in [2.75, 3.05) is 0 Å². The van der Waals surface area contributed by atoms with Crippen molar-refractivity contribution in [1.82, 2.24) is 19.7 Å². The summed E-state index contributed by atoms with van der Waals surface area (Å²) in [7, 11) is 0. The van der Waals surface area contributed by atoms with Gasteiger partial charge in [-0.3, -0.25) is 10.1 Å². The average molecular weight is 351 g/mol. The summed E-state index contributed by atoms with van der Waals surface area (Å²) < 4.78 is 9.10. The normalized spacial score (nSPS) is 10.7. The monoisotopic (exact) mass is 351 g/mol. The van der Waals surface area contributed by atoms with E-state index in [1.54, 1.807) is 12.1 Å². The van der Waals surface area contributed by atoms with Crippen LogP contribution in [-0.4, -0.2) is 24.7 Å². The van der Waals surface area contributed by atoms with E-state index in [1.165, 1.54) is 23.7 Å². The first-order valence-corrected chi connectivity index (χ1v) is 8.01. The van der Waals surface area contributed by atoms with Crippen LogP contribution in [0.25, 0.3) is 34.1 Å². The number of nitro benzene ring substituents is 1. The Bertz CT molecular complexity index is 1010. The molecule has 0 saturated carbocycles. The first kappa shape index (κ1) is 15.1. The average Bonchev–Trinajstić information content (AvgIpc) is 3.34. The van der Waals surface area contributed by atoms with E-state index < -0.39 is 4.92 Å². The number of rotatable bonds is 4. The zero-order valence-electron chi connectivity index (χ0n) is 12.6. The first-order valence-electron chi connectivity index (χ1n) is 7.17. The molecule has 0 fully saturated rings. The maximum atomic E-state index is 10.7. The van der Waals surface area contributed by atoms with Gasteiger partial charge in [0.2, 0.25) is 5.82 Å². The third kappa shape index (κ3) is 3.00. The van der Waals surface area contributed by atoms with Crippen LogP contribution in [-0.2, 0) is 0 Å². The Morgan fingerprint density at radius 3 is 2.28 bits per heavy atom. The van der Waals surface area contributed by atoms with Crippen molar-refractivity contribution < 1.29 is 9.45 Å². The lowest BCUT2D eigenvalue weighted by Crippen LogP contribution is -1.87. The van der Waals surface area contributed by atoms with Gasteiger partial charge in [-0.25, -0.2) is 0 Å². The van der Waals surface area contributed by atoms with Gasteiger partial charge in [0.1, 0.15) is 5.69 Å². The zero-order chi connectivity index (χ0) is 17.2. The number of nitro groups is 1. The highest BCUT2D eigenvalue weighted by Crippen LogP contribution is 2.26. The quantitative estimate of drug-likeness (QED) is 0.406. The van der Waals surface area contributed by atoms with Gasteiger partial charge in [-0.05, 0) is 23.7 Å². The summed E-state index contributed by atoms with van der Waals surface area (Å²) in [6.45, 7) is 0. The van der Waals surface area contributed by atoms with Crippen molar-refractivity contribution in [3.63, 3.8) is 0 Å². The Balaban J connectivity index is 1.59. The molecule has 0 spiro atoms. The van der Waals surface area contributed by atoms with E-state index >= 15 is 0 Å². The highest BCUT2D eigenvalue weighted by Gasteiger charge is 2.13. The number of hydrogen-bond donors (Lipinski definition) is 0. The van der Waals surface area contributed by atoms with E-state index in [4.69, 9.17) is 4.52 Å². The molecule has 2 aromatic heterocycles. The minimum absolute atomic E-state index is 0.00982. The lowest BCUT2D eigenvalue weighted by molar-refractivity contribution is -0.384. The van der Waals surface area contributed by atoms with Crippen molar-refractivity contribution in [2.24, 2.45) is 0 Å². The maximum Gasteiger partial charge on any atom is 0.269 e. The standard InChI is InChI=1S/C16H9N5O3S/c22-21(23)13-7-5-12(6-8-13)16-17-15(19-24-16)11-3-1-10(2-4-11)14-9-25-20-18-14/h1-9H. The summed E-state index contributed by atoms with van der Waals surface area (Å²) in [6, 6.07) is 13.5. The summed E-state index contributed by atoms with van der Waals surface area (Å²) >= 11 is 1.30. The van der Waals surface area contributed by atoms with Gasteiger partial charge in [0, 0.05) is 34.2 Å². The molecule has 0 unspecified atom stereocenters. The summed E-state index contributed by atoms with van der Waals surface area (Å²) in [5.74, 6) is 0.744. The summed E-state index contributed by atoms with van der Waals surface area (Å²) in [5.41, 5.74) is 3.20. The van der Waals surface area contributed by atoms with Gasteiger partial charge in [0.25, 0.3) is 11.6 Å². The van der Waals surface area contributed by atoms with Crippen LogP contribution in [0.5, 0.6) is 0 Å². The van der Waals surface area contributed by atoms with Crippen molar-refractivity contribution in [3.05, 3.63) is 64.0 Å². The summed E-state index contributed by atoms with van der Waals surface area (Å²) in [6.07, 6.45) is 0. The number of nitrogens with zero attached hydrogens (tertiary/aromatic N) is 5. The van der Waals surface area contributed by atoms with Crippen LogP contribution in [0.15, 0.2) is 58.4 Å². The Kier molecular flexibility index (Phi) is 3.75. The molecule has 0 amide bonds. The van der Waals surface area contributed by atoms with Crippen molar-refractivity contribution >= 4 is 17.2 Å². The highest BCUT2D eigenvalue weighted by molar-refractivity contribution is 7.03. The van der Waals surface area contributed by atoms with E-state index in [9.17, 15) is 10.1 Å². The third-order valence-electron chi connectivity index (χ3n) is 3.55. The molecule has 25 heavy (non-hydrogen) atoms. The number of hydrogen-bond acceptors (Lipinski definition) is 8. The lowest BCUT2D eigenvalue weighted by atomic mass is 10.1. The molecule has 0 aliphatic heterocycles. The lowest BCUT2D eigenvalue weighted by Gasteiger charge is -1.97. The van der Waals surface area contributed by atoms with Crippen LogP contribution in [0.4, 0.5) is 5.69 Å². The molecule has 0 N–H and O–H groups in total. The molecule has 122 valence electrons. The molecule has 0 bridgehead atoms. The molecule has 0 saturated heterocycles. The van der Waals surface area contributed by atoms with Gasteiger partial charge >= 0.3 is 0 Å². The van der Waals surface area contributed by atoms with E-state index in [0.717, 1.165) is 16.8 Å². The van der Waals surface area contributed by atoms with Gasteiger partial charge in [-0.1, -0.05) is 33.9 Å². The Morgan fingerprint density at radius 1 is 0.960 bits per heavy atom. The Morgan fingerprint density at radius 2 is 1.64 bits per heavy atom. The van der Waals surface area contributed by atoms with Crippen molar-refractivity contribution in [2.45, 2.75) is 0 Å². The molecule has 0 aliphatic carbocycles. The molecule has 0 aliphatic rings. The fraction of sp³-hybridized carbons (Fsp3) is 0. The molecule has 9 heteroatoms. The molecule has 2 heterocycles. The molecule has 4 aromatic rings. The second kappa shape index (κ2) is 6.21. The highest BCUT2D eigenvalue weighted by atomic mass is 32.1.